The Kier molecular flexibility index (Phi) is 3.14. The largest absolute Gasteiger partial charge is 0.439 e. The summed E-state index contributed by atoms with van der Waals surface area (Å²) in [5.74, 6) is 0.628. The first kappa shape index (κ1) is 11.0. The van der Waals surface area contributed by atoms with Crippen LogP contribution in [0, 0.1) is 12.7 Å². The van der Waals surface area contributed by atoms with Crippen molar-refractivity contribution in [3.8, 4) is 11.6 Å². The average Bonchev–Trinajstić information content (AvgIpc) is 2.24. The SMILES string of the molecule is Cc1cc(Oc2ccc(F)c(Br)c2)ncn1. The summed E-state index contributed by atoms with van der Waals surface area (Å²) in [4.78, 5) is 7.90. The predicted molar refractivity (Wildman–Crippen MR) is 60.9 cm³/mol. The number of ether oxygens (including phenoxy) is 1. The van der Waals surface area contributed by atoms with E-state index in [0.29, 0.717) is 16.1 Å². The Morgan fingerprint density at radius 2 is 2.06 bits per heavy atom. The van der Waals surface area contributed by atoms with Gasteiger partial charge in [-0.05, 0) is 41.1 Å². The van der Waals surface area contributed by atoms with E-state index in [1.165, 1.54) is 18.5 Å². The quantitative estimate of drug-likeness (QED) is 0.846. The highest BCUT2D eigenvalue weighted by atomic mass is 79.9. The fraction of sp³-hybridized carbons (Fsp3) is 0.0909. The molecule has 0 atom stereocenters. The molecule has 0 amide bonds. The van der Waals surface area contributed by atoms with E-state index < -0.39 is 0 Å². The molecule has 82 valence electrons. The molecular weight excluding hydrogens is 275 g/mol. The maximum Gasteiger partial charge on any atom is 0.222 e. The van der Waals surface area contributed by atoms with Gasteiger partial charge >= 0.3 is 0 Å². The third kappa shape index (κ3) is 2.55. The van der Waals surface area contributed by atoms with Gasteiger partial charge in [0, 0.05) is 11.8 Å². The van der Waals surface area contributed by atoms with Crippen molar-refractivity contribution >= 4 is 15.9 Å². The number of halogens is 2. The molecule has 0 radical (unpaired) electrons. The van der Waals surface area contributed by atoms with Crippen molar-refractivity contribution in [3.63, 3.8) is 0 Å². The van der Waals surface area contributed by atoms with Gasteiger partial charge in [-0.25, -0.2) is 14.4 Å². The minimum Gasteiger partial charge on any atom is -0.439 e. The molecule has 5 heteroatoms. The normalized spacial score (nSPS) is 10.2. The lowest BCUT2D eigenvalue weighted by molar-refractivity contribution is 0.458. The van der Waals surface area contributed by atoms with Crippen molar-refractivity contribution < 1.29 is 9.13 Å². The van der Waals surface area contributed by atoms with Gasteiger partial charge in [0.2, 0.25) is 5.88 Å². The molecule has 0 fully saturated rings. The van der Waals surface area contributed by atoms with Crippen LogP contribution in [0.25, 0.3) is 0 Å². The number of benzene rings is 1. The molecule has 1 heterocycles. The zero-order chi connectivity index (χ0) is 11.5. The van der Waals surface area contributed by atoms with Crippen LogP contribution >= 0.6 is 15.9 Å². The summed E-state index contributed by atoms with van der Waals surface area (Å²) < 4.78 is 18.8. The lowest BCUT2D eigenvalue weighted by Gasteiger charge is -2.05. The van der Waals surface area contributed by atoms with Crippen molar-refractivity contribution in [2.24, 2.45) is 0 Å². The number of hydrogen-bond acceptors (Lipinski definition) is 3. The molecule has 0 saturated heterocycles. The molecule has 2 aromatic rings. The van der Waals surface area contributed by atoms with Crippen molar-refractivity contribution in [2.45, 2.75) is 6.92 Å². The number of rotatable bonds is 2. The molecule has 0 bridgehead atoms. The molecule has 0 spiro atoms. The summed E-state index contributed by atoms with van der Waals surface area (Å²) in [7, 11) is 0. The fourth-order valence-corrected chi connectivity index (χ4v) is 1.50. The first-order valence-corrected chi connectivity index (χ1v) is 5.36. The summed E-state index contributed by atoms with van der Waals surface area (Å²) in [6.07, 6.45) is 1.42. The van der Waals surface area contributed by atoms with Gasteiger partial charge in [-0.3, -0.25) is 0 Å². The highest BCUT2D eigenvalue weighted by molar-refractivity contribution is 9.10. The second kappa shape index (κ2) is 4.57. The molecule has 0 aliphatic heterocycles. The zero-order valence-corrected chi connectivity index (χ0v) is 10.0. The van der Waals surface area contributed by atoms with E-state index in [1.54, 1.807) is 12.1 Å². The topological polar surface area (TPSA) is 35.0 Å². The van der Waals surface area contributed by atoms with E-state index in [9.17, 15) is 4.39 Å². The lowest BCUT2D eigenvalue weighted by atomic mass is 10.3. The minimum atomic E-state index is -0.328. The summed E-state index contributed by atoms with van der Waals surface area (Å²) in [6, 6.07) is 6.12. The second-order valence-electron chi connectivity index (χ2n) is 3.18. The van der Waals surface area contributed by atoms with Gasteiger partial charge in [0.1, 0.15) is 17.9 Å². The standard InChI is InChI=1S/C11H8BrFN2O/c1-7-4-11(15-6-14-7)16-8-2-3-10(13)9(12)5-8/h2-6H,1H3. The lowest BCUT2D eigenvalue weighted by Crippen LogP contribution is -1.91. The number of nitrogens with zero attached hydrogens (tertiary/aromatic N) is 2. The van der Waals surface area contributed by atoms with Crippen LogP contribution in [-0.4, -0.2) is 9.97 Å². The summed E-state index contributed by atoms with van der Waals surface area (Å²) in [5, 5.41) is 0. The van der Waals surface area contributed by atoms with Gasteiger partial charge in [0.25, 0.3) is 0 Å². The van der Waals surface area contributed by atoms with Gasteiger partial charge in [-0.2, -0.15) is 0 Å². The van der Waals surface area contributed by atoms with Crippen LogP contribution in [0.3, 0.4) is 0 Å². The second-order valence-corrected chi connectivity index (χ2v) is 4.03. The first-order chi connectivity index (χ1) is 7.65. The van der Waals surface area contributed by atoms with Crippen LogP contribution in [0.4, 0.5) is 4.39 Å². The molecule has 2 rings (SSSR count). The number of hydrogen-bond donors (Lipinski definition) is 0. The van der Waals surface area contributed by atoms with Crippen LogP contribution in [0.1, 0.15) is 5.69 Å². The summed E-state index contributed by atoms with van der Waals surface area (Å²) in [6.45, 7) is 1.84. The smallest absolute Gasteiger partial charge is 0.222 e. The summed E-state index contributed by atoms with van der Waals surface area (Å²) in [5.41, 5.74) is 0.811. The molecule has 1 aromatic carbocycles. The zero-order valence-electron chi connectivity index (χ0n) is 8.45. The van der Waals surface area contributed by atoms with E-state index in [-0.39, 0.29) is 5.82 Å². The monoisotopic (exact) mass is 282 g/mol. The third-order valence-corrected chi connectivity index (χ3v) is 2.50. The van der Waals surface area contributed by atoms with Crippen LogP contribution in [0.5, 0.6) is 11.6 Å². The van der Waals surface area contributed by atoms with Crippen molar-refractivity contribution in [1.82, 2.24) is 9.97 Å². The van der Waals surface area contributed by atoms with Gasteiger partial charge in [-0.1, -0.05) is 0 Å². The fourth-order valence-electron chi connectivity index (χ4n) is 1.15. The first-order valence-electron chi connectivity index (χ1n) is 4.57. The van der Waals surface area contributed by atoms with E-state index >= 15 is 0 Å². The molecule has 0 unspecified atom stereocenters. The van der Waals surface area contributed by atoms with E-state index in [0.717, 1.165) is 5.69 Å². The van der Waals surface area contributed by atoms with Crippen molar-refractivity contribution in [1.29, 1.82) is 0 Å². The van der Waals surface area contributed by atoms with Crippen molar-refractivity contribution in [2.75, 3.05) is 0 Å². The molecule has 0 aliphatic carbocycles. The minimum absolute atomic E-state index is 0.328. The van der Waals surface area contributed by atoms with Gasteiger partial charge in [-0.15, -0.1) is 0 Å². The molecule has 16 heavy (non-hydrogen) atoms. The predicted octanol–water partition coefficient (Wildman–Crippen LogP) is 3.48. The Morgan fingerprint density at radius 1 is 1.25 bits per heavy atom. The molecule has 0 saturated carbocycles. The molecule has 0 N–H and O–H groups in total. The third-order valence-electron chi connectivity index (χ3n) is 1.89. The number of aromatic nitrogens is 2. The van der Waals surface area contributed by atoms with Crippen molar-refractivity contribution in [3.05, 3.63) is 46.6 Å². The van der Waals surface area contributed by atoms with E-state index in [1.807, 2.05) is 6.92 Å². The highest BCUT2D eigenvalue weighted by Gasteiger charge is 2.03. The maximum atomic E-state index is 13.0. The Balaban J connectivity index is 2.24. The Hall–Kier alpha value is -1.49. The summed E-state index contributed by atoms with van der Waals surface area (Å²) >= 11 is 3.09. The Morgan fingerprint density at radius 3 is 2.75 bits per heavy atom. The average molecular weight is 283 g/mol. The Bertz CT molecular complexity index is 519. The van der Waals surface area contributed by atoms with Gasteiger partial charge < -0.3 is 4.74 Å². The maximum absolute atomic E-state index is 13.0. The van der Waals surface area contributed by atoms with Crippen LogP contribution in [0.15, 0.2) is 35.1 Å². The molecular formula is C11H8BrFN2O. The van der Waals surface area contributed by atoms with Crippen LogP contribution in [-0.2, 0) is 0 Å². The van der Waals surface area contributed by atoms with Crippen LogP contribution in [0.2, 0.25) is 0 Å². The van der Waals surface area contributed by atoms with E-state index in [2.05, 4.69) is 25.9 Å². The Labute approximate surface area is 100 Å². The van der Waals surface area contributed by atoms with Gasteiger partial charge in [0.05, 0.1) is 4.47 Å². The molecule has 1 aromatic heterocycles. The molecule has 3 nitrogen and oxygen atoms in total. The molecule has 0 aliphatic rings. The van der Waals surface area contributed by atoms with Crippen LogP contribution < -0.4 is 4.74 Å². The van der Waals surface area contributed by atoms with Gasteiger partial charge in [0.15, 0.2) is 0 Å². The highest BCUT2D eigenvalue weighted by Crippen LogP contribution is 2.25. The number of aryl methyl sites for hydroxylation is 1. The van der Waals surface area contributed by atoms with E-state index in [4.69, 9.17) is 4.74 Å².